The topological polar surface area (TPSA) is 92.2 Å². The SMILES string of the molecule is Cc1ccc(C(=O)O)cc1NC(=O)c1snnc1C. The van der Waals surface area contributed by atoms with Gasteiger partial charge >= 0.3 is 5.97 Å². The largest absolute Gasteiger partial charge is 0.478 e. The highest BCUT2D eigenvalue weighted by atomic mass is 32.1. The smallest absolute Gasteiger partial charge is 0.335 e. The minimum atomic E-state index is -1.04. The van der Waals surface area contributed by atoms with Crippen LogP contribution in [-0.4, -0.2) is 26.6 Å². The number of amides is 1. The number of hydrogen-bond donors (Lipinski definition) is 2. The fraction of sp³-hybridized carbons (Fsp3) is 0.167. The van der Waals surface area contributed by atoms with E-state index in [-0.39, 0.29) is 11.5 Å². The van der Waals surface area contributed by atoms with Gasteiger partial charge in [0.05, 0.1) is 11.3 Å². The molecule has 0 spiro atoms. The molecule has 2 rings (SSSR count). The molecule has 0 unspecified atom stereocenters. The van der Waals surface area contributed by atoms with Gasteiger partial charge < -0.3 is 10.4 Å². The summed E-state index contributed by atoms with van der Waals surface area (Å²) in [6, 6.07) is 4.57. The van der Waals surface area contributed by atoms with E-state index in [1.54, 1.807) is 19.9 Å². The Morgan fingerprint density at radius 2 is 2.05 bits per heavy atom. The summed E-state index contributed by atoms with van der Waals surface area (Å²) in [4.78, 5) is 23.3. The van der Waals surface area contributed by atoms with Gasteiger partial charge in [0.25, 0.3) is 5.91 Å². The number of nitrogens with one attached hydrogen (secondary N) is 1. The van der Waals surface area contributed by atoms with Crippen molar-refractivity contribution >= 4 is 29.1 Å². The van der Waals surface area contributed by atoms with Crippen LogP contribution in [0.3, 0.4) is 0 Å². The van der Waals surface area contributed by atoms with E-state index in [0.29, 0.717) is 16.3 Å². The molecule has 7 heteroatoms. The van der Waals surface area contributed by atoms with Gasteiger partial charge in [-0.25, -0.2) is 4.79 Å². The molecule has 98 valence electrons. The molecule has 19 heavy (non-hydrogen) atoms. The summed E-state index contributed by atoms with van der Waals surface area (Å²) in [5.74, 6) is -1.37. The van der Waals surface area contributed by atoms with Gasteiger partial charge in [-0.3, -0.25) is 4.79 Å². The van der Waals surface area contributed by atoms with Crippen LogP contribution in [0, 0.1) is 13.8 Å². The van der Waals surface area contributed by atoms with Crippen LogP contribution in [-0.2, 0) is 0 Å². The summed E-state index contributed by atoms with van der Waals surface area (Å²) in [5.41, 5.74) is 1.93. The number of nitrogens with zero attached hydrogens (tertiary/aromatic N) is 2. The first kappa shape index (κ1) is 13.2. The molecule has 1 aromatic carbocycles. The number of rotatable bonds is 3. The lowest BCUT2D eigenvalue weighted by Crippen LogP contribution is -2.13. The lowest BCUT2D eigenvalue weighted by molar-refractivity contribution is 0.0696. The highest BCUT2D eigenvalue weighted by molar-refractivity contribution is 7.08. The molecular weight excluding hydrogens is 266 g/mol. The first-order chi connectivity index (χ1) is 8.99. The van der Waals surface area contributed by atoms with Crippen LogP contribution in [0.15, 0.2) is 18.2 Å². The minimum Gasteiger partial charge on any atom is -0.478 e. The molecule has 1 heterocycles. The predicted octanol–water partition coefficient (Wildman–Crippen LogP) is 2.11. The number of hydrogen-bond acceptors (Lipinski definition) is 5. The molecule has 0 bridgehead atoms. The zero-order chi connectivity index (χ0) is 14.0. The van der Waals surface area contributed by atoms with Crippen molar-refractivity contribution in [3.8, 4) is 0 Å². The standard InChI is InChI=1S/C12H11N3O3S/c1-6-3-4-8(12(17)18)5-9(6)13-11(16)10-7(2)14-15-19-10/h3-5H,1-2H3,(H,13,16)(H,17,18). The Balaban J connectivity index is 2.28. The number of anilines is 1. The van der Waals surface area contributed by atoms with Gasteiger partial charge in [0.15, 0.2) is 0 Å². The van der Waals surface area contributed by atoms with E-state index in [1.165, 1.54) is 12.1 Å². The molecule has 0 aliphatic heterocycles. The number of carboxylic acid groups (broad SMARTS) is 1. The average molecular weight is 277 g/mol. The van der Waals surface area contributed by atoms with Crippen LogP contribution in [0.1, 0.15) is 31.3 Å². The number of carbonyl (C=O) groups is 2. The third kappa shape index (κ3) is 2.76. The second-order valence-corrected chi connectivity index (χ2v) is 4.73. The van der Waals surface area contributed by atoms with Crippen molar-refractivity contribution < 1.29 is 14.7 Å². The third-order valence-corrected chi connectivity index (χ3v) is 3.42. The van der Waals surface area contributed by atoms with Gasteiger partial charge in [0.1, 0.15) is 4.88 Å². The zero-order valence-electron chi connectivity index (χ0n) is 10.3. The molecular formula is C12H11N3O3S. The Morgan fingerprint density at radius 3 is 2.63 bits per heavy atom. The normalized spacial score (nSPS) is 10.2. The van der Waals surface area contributed by atoms with E-state index in [0.717, 1.165) is 17.1 Å². The molecule has 0 aliphatic carbocycles. The Labute approximate surface area is 113 Å². The lowest BCUT2D eigenvalue weighted by atomic mass is 10.1. The Kier molecular flexibility index (Phi) is 3.57. The van der Waals surface area contributed by atoms with Crippen molar-refractivity contribution in [2.24, 2.45) is 0 Å². The first-order valence-corrected chi connectivity index (χ1v) is 6.20. The second kappa shape index (κ2) is 5.15. The number of benzene rings is 1. The molecule has 6 nitrogen and oxygen atoms in total. The quantitative estimate of drug-likeness (QED) is 0.896. The maximum atomic E-state index is 12.0. The average Bonchev–Trinajstić information content (AvgIpc) is 2.78. The minimum absolute atomic E-state index is 0.125. The van der Waals surface area contributed by atoms with E-state index in [9.17, 15) is 9.59 Å². The molecule has 0 fully saturated rings. The maximum absolute atomic E-state index is 12.0. The fourth-order valence-electron chi connectivity index (χ4n) is 1.51. The van der Waals surface area contributed by atoms with E-state index < -0.39 is 5.97 Å². The van der Waals surface area contributed by atoms with Crippen LogP contribution in [0.2, 0.25) is 0 Å². The van der Waals surface area contributed by atoms with E-state index in [2.05, 4.69) is 14.9 Å². The molecule has 0 radical (unpaired) electrons. The first-order valence-electron chi connectivity index (χ1n) is 5.43. The van der Waals surface area contributed by atoms with E-state index in [1.807, 2.05) is 0 Å². The third-order valence-electron chi connectivity index (χ3n) is 2.59. The van der Waals surface area contributed by atoms with Crippen LogP contribution in [0.4, 0.5) is 5.69 Å². The lowest BCUT2D eigenvalue weighted by Gasteiger charge is -2.08. The number of carbonyl (C=O) groups excluding carboxylic acids is 1. The Morgan fingerprint density at radius 1 is 1.32 bits per heavy atom. The number of aromatic nitrogens is 2. The maximum Gasteiger partial charge on any atom is 0.335 e. The molecule has 2 aromatic rings. The highest BCUT2D eigenvalue weighted by Gasteiger charge is 2.15. The van der Waals surface area contributed by atoms with E-state index in [4.69, 9.17) is 5.11 Å². The Hall–Kier alpha value is -2.28. The van der Waals surface area contributed by atoms with Crippen molar-refractivity contribution in [3.63, 3.8) is 0 Å². The van der Waals surface area contributed by atoms with Crippen molar-refractivity contribution in [3.05, 3.63) is 39.9 Å². The molecule has 0 saturated carbocycles. The monoisotopic (exact) mass is 277 g/mol. The number of aryl methyl sites for hydroxylation is 2. The van der Waals surface area contributed by atoms with Gasteiger partial charge in [-0.15, -0.1) is 5.10 Å². The predicted molar refractivity (Wildman–Crippen MR) is 70.7 cm³/mol. The molecule has 0 aliphatic rings. The van der Waals surface area contributed by atoms with Crippen LogP contribution >= 0.6 is 11.5 Å². The van der Waals surface area contributed by atoms with Crippen LogP contribution < -0.4 is 5.32 Å². The van der Waals surface area contributed by atoms with E-state index >= 15 is 0 Å². The van der Waals surface area contributed by atoms with Crippen molar-refractivity contribution in [1.82, 2.24) is 9.59 Å². The molecule has 0 saturated heterocycles. The van der Waals surface area contributed by atoms with Crippen molar-refractivity contribution in [2.75, 3.05) is 5.32 Å². The van der Waals surface area contributed by atoms with Crippen LogP contribution in [0.25, 0.3) is 0 Å². The van der Waals surface area contributed by atoms with Gasteiger partial charge in [-0.1, -0.05) is 10.6 Å². The molecule has 1 aromatic heterocycles. The van der Waals surface area contributed by atoms with Crippen molar-refractivity contribution in [1.29, 1.82) is 0 Å². The summed E-state index contributed by atoms with van der Waals surface area (Å²) in [7, 11) is 0. The zero-order valence-corrected chi connectivity index (χ0v) is 11.1. The van der Waals surface area contributed by atoms with Crippen molar-refractivity contribution in [2.45, 2.75) is 13.8 Å². The highest BCUT2D eigenvalue weighted by Crippen LogP contribution is 2.19. The summed E-state index contributed by atoms with van der Waals surface area (Å²) in [6.45, 7) is 3.48. The number of aromatic carboxylic acids is 1. The molecule has 1 amide bonds. The van der Waals surface area contributed by atoms with Gasteiger partial charge in [0.2, 0.25) is 0 Å². The number of carboxylic acids is 1. The van der Waals surface area contributed by atoms with Gasteiger partial charge in [-0.2, -0.15) is 0 Å². The molecule has 2 N–H and O–H groups in total. The summed E-state index contributed by atoms with van der Waals surface area (Å²) >= 11 is 1.00. The van der Waals surface area contributed by atoms with Gasteiger partial charge in [0, 0.05) is 5.69 Å². The Bertz CT molecular complexity index is 651. The summed E-state index contributed by atoms with van der Waals surface area (Å²) in [5, 5.41) is 15.4. The molecule has 0 atom stereocenters. The summed E-state index contributed by atoms with van der Waals surface area (Å²) < 4.78 is 3.69. The van der Waals surface area contributed by atoms with Crippen LogP contribution in [0.5, 0.6) is 0 Å². The summed E-state index contributed by atoms with van der Waals surface area (Å²) in [6.07, 6.45) is 0. The second-order valence-electron chi connectivity index (χ2n) is 3.98. The fourth-order valence-corrected chi connectivity index (χ4v) is 2.06. The van der Waals surface area contributed by atoms with Gasteiger partial charge in [-0.05, 0) is 43.1 Å².